The minimum atomic E-state index is -3.48. The van der Waals surface area contributed by atoms with Gasteiger partial charge in [0, 0.05) is 25.4 Å². The van der Waals surface area contributed by atoms with Crippen LogP contribution < -0.4 is 4.90 Å². The molecule has 120 valence electrons. The van der Waals surface area contributed by atoms with Crippen molar-refractivity contribution in [3.8, 4) is 0 Å². The first-order valence-corrected chi connectivity index (χ1v) is 9.05. The third kappa shape index (κ3) is 3.05. The molecule has 0 unspecified atom stereocenters. The molecule has 0 atom stereocenters. The average molecular weight is 332 g/mol. The monoisotopic (exact) mass is 332 g/mol. The van der Waals surface area contributed by atoms with Gasteiger partial charge in [-0.3, -0.25) is 10.1 Å². The van der Waals surface area contributed by atoms with E-state index in [0.717, 1.165) is 24.3 Å². The predicted molar refractivity (Wildman–Crippen MR) is 87.4 cm³/mol. The fourth-order valence-corrected chi connectivity index (χ4v) is 3.49. The van der Waals surface area contributed by atoms with Crippen LogP contribution >= 0.6 is 0 Å². The molecule has 0 radical (unpaired) electrons. The van der Waals surface area contributed by atoms with Gasteiger partial charge in [-0.25, -0.2) is 8.42 Å². The van der Waals surface area contributed by atoms with Gasteiger partial charge in [0.1, 0.15) is 5.69 Å². The lowest BCUT2D eigenvalue weighted by molar-refractivity contribution is -0.384. The molecule has 0 saturated carbocycles. The minimum Gasteiger partial charge on any atom is -0.361 e. The molecule has 2 aromatic carbocycles. The van der Waals surface area contributed by atoms with Crippen molar-refractivity contribution >= 4 is 21.2 Å². The maximum atomic E-state index is 11.6. The van der Waals surface area contributed by atoms with E-state index in [0.29, 0.717) is 18.8 Å². The molecule has 0 saturated heterocycles. The van der Waals surface area contributed by atoms with Crippen molar-refractivity contribution in [2.24, 2.45) is 0 Å². The van der Waals surface area contributed by atoms with E-state index in [2.05, 4.69) is 6.07 Å². The third-order valence-electron chi connectivity index (χ3n) is 4.04. The zero-order chi connectivity index (χ0) is 16.6. The van der Waals surface area contributed by atoms with Crippen LogP contribution in [0.2, 0.25) is 0 Å². The Balaban J connectivity index is 2.02. The molecule has 0 aliphatic carbocycles. The Bertz CT molecular complexity index is 877. The number of anilines is 1. The topological polar surface area (TPSA) is 80.5 Å². The molecule has 1 heterocycles. The molecule has 0 aromatic heterocycles. The number of nitro groups is 1. The van der Waals surface area contributed by atoms with Crippen LogP contribution in [0.25, 0.3) is 0 Å². The van der Waals surface area contributed by atoms with Gasteiger partial charge in [-0.1, -0.05) is 24.3 Å². The van der Waals surface area contributed by atoms with Crippen molar-refractivity contribution in [3.05, 3.63) is 63.7 Å². The lowest BCUT2D eigenvalue weighted by atomic mass is 9.99. The molecule has 0 bridgehead atoms. The average Bonchev–Trinajstić information content (AvgIpc) is 2.53. The number of fused-ring (bicyclic) bond motifs is 1. The summed E-state index contributed by atoms with van der Waals surface area (Å²) in [5.74, 6) is 0. The molecular formula is C16H16N2O4S. The van der Waals surface area contributed by atoms with E-state index >= 15 is 0 Å². The maximum Gasteiger partial charge on any atom is 0.293 e. The lowest BCUT2D eigenvalue weighted by Crippen LogP contribution is -2.30. The smallest absolute Gasteiger partial charge is 0.293 e. The number of hydrogen-bond acceptors (Lipinski definition) is 5. The molecular weight excluding hydrogens is 316 g/mol. The number of nitro benzene ring substituents is 1. The zero-order valence-electron chi connectivity index (χ0n) is 12.6. The molecule has 1 aliphatic rings. The summed E-state index contributed by atoms with van der Waals surface area (Å²) < 4.78 is 23.2. The van der Waals surface area contributed by atoms with Gasteiger partial charge in [0.05, 0.1) is 9.82 Å². The van der Waals surface area contributed by atoms with Gasteiger partial charge in [-0.05, 0) is 29.7 Å². The number of hydrogen-bond donors (Lipinski definition) is 0. The second-order valence-corrected chi connectivity index (χ2v) is 7.64. The first-order chi connectivity index (χ1) is 10.9. The van der Waals surface area contributed by atoms with Crippen LogP contribution in [0.1, 0.15) is 11.1 Å². The van der Waals surface area contributed by atoms with E-state index in [1.165, 1.54) is 17.7 Å². The summed E-state index contributed by atoms with van der Waals surface area (Å²) in [5, 5.41) is 11.4. The third-order valence-corrected chi connectivity index (χ3v) is 5.15. The highest BCUT2D eigenvalue weighted by molar-refractivity contribution is 7.90. The second kappa shape index (κ2) is 5.66. The fraction of sp³-hybridized carbons (Fsp3) is 0.250. The summed E-state index contributed by atoms with van der Waals surface area (Å²) in [6.45, 7) is 1.24. The van der Waals surface area contributed by atoms with Gasteiger partial charge in [-0.15, -0.1) is 0 Å². The first-order valence-electron chi connectivity index (χ1n) is 7.16. The van der Waals surface area contributed by atoms with Crippen LogP contribution in [0.15, 0.2) is 47.4 Å². The molecule has 1 aliphatic heterocycles. The molecule has 0 amide bonds. The standard InChI is InChI=1S/C16H16N2O4S/c1-23(21,22)14-6-7-15(16(10-14)18(19)20)17-9-8-12-4-2-3-5-13(12)11-17/h2-7,10H,8-9,11H2,1H3. The van der Waals surface area contributed by atoms with Gasteiger partial charge in [0.15, 0.2) is 9.84 Å². The van der Waals surface area contributed by atoms with Crippen LogP contribution in [-0.4, -0.2) is 26.1 Å². The summed E-state index contributed by atoms with van der Waals surface area (Å²) >= 11 is 0. The Hall–Kier alpha value is -2.41. The summed E-state index contributed by atoms with van der Waals surface area (Å²) in [6, 6.07) is 12.1. The predicted octanol–water partition coefficient (Wildman–Crippen LogP) is 2.56. The highest BCUT2D eigenvalue weighted by atomic mass is 32.2. The van der Waals surface area contributed by atoms with E-state index in [9.17, 15) is 18.5 Å². The van der Waals surface area contributed by atoms with Crippen molar-refractivity contribution in [1.82, 2.24) is 0 Å². The summed E-state index contributed by atoms with van der Waals surface area (Å²) in [6.07, 6.45) is 1.85. The van der Waals surface area contributed by atoms with Crippen LogP contribution in [0.3, 0.4) is 0 Å². The largest absolute Gasteiger partial charge is 0.361 e. The van der Waals surface area contributed by atoms with Crippen molar-refractivity contribution in [1.29, 1.82) is 0 Å². The van der Waals surface area contributed by atoms with Gasteiger partial charge < -0.3 is 4.90 Å². The van der Waals surface area contributed by atoms with Crippen molar-refractivity contribution in [2.45, 2.75) is 17.9 Å². The Morgan fingerprint density at radius 3 is 2.48 bits per heavy atom. The number of sulfone groups is 1. The fourth-order valence-electron chi connectivity index (χ4n) is 2.85. The molecule has 0 fully saturated rings. The van der Waals surface area contributed by atoms with Crippen molar-refractivity contribution in [3.63, 3.8) is 0 Å². The number of rotatable bonds is 3. The quantitative estimate of drug-likeness (QED) is 0.637. The maximum absolute atomic E-state index is 11.6. The Morgan fingerprint density at radius 1 is 1.13 bits per heavy atom. The highest BCUT2D eigenvalue weighted by Crippen LogP contribution is 2.33. The SMILES string of the molecule is CS(=O)(=O)c1ccc(N2CCc3ccccc3C2)c([N+](=O)[O-])c1. The number of benzene rings is 2. The Morgan fingerprint density at radius 2 is 1.83 bits per heavy atom. The molecule has 0 spiro atoms. The highest BCUT2D eigenvalue weighted by Gasteiger charge is 2.25. The summed E-state index contributed by atoms with van der Waals surface area (Å²) in [7, 11) is -3.48. The van der Waals surface area contributed by atoms with E-state index in [1.54, 1.807) is 0 Å². The van der Waals surface area contributed by atoms with Gasteiger partial charge >= 0.3 is 0 Å². The molecule has 3 rings (SSSR count). The Kier molecular flexibility index (Phi) is 3.81. The zero-order valence-corrected chi connectivity index (χ0v) is 13.4. The van der Waals surface area contributed by atoms with E-state index in [4.69, 9.17) is 0 Å². The molecule has 7 heteroatoms. The van der Waals surface area contributed by atoms with Crippen LogP contribution in [0.4, 0.5) is 11.4 Å². The van der Waals surface area contributed by atoms with E-state index in [-0.39, 0.29) is 10.6 Å². The van der Waals surface area contributed by atoms with E-state index in [1.807, 2.05) is 23.1 Å². The van der Waals surface area contributed by atoms with Crippen LogP contribution in [-0.2, 0) is 22.8 Å². The van der Waals surface area contributed by atoms with Gasteiger partial charge in [-0.2, -0.15) is 0 Å². The van der Waals surface area contributed by atoms with Gasteiger partial charge in [0.25, 0.3) is 5.69 Å². The Labute approximate surface area is 134 Å². The second-order valence-electron chi connectivity index (χ2n) is 5.62. The lowest BCUT2D eigenvalue weighted by Gasteiger charge is -2.30. The van der Waals surface area contributed by atoms with Crippen LogP contribution in [0.5, 0.6) is 0 Å². The molecule has 23 heavy (non-hydrogen) atoms. The van der Waals surface area contributed by atoms with Crippen molar-refractivity contribution in [2.75, 3.05) is 17.7 Å². The first kappa shape index (κ1) is 15.5. The van der Waals surface area contributed by atoms with Crippen LogP contribution in [0, 0.1) is 10.1 Å². The normalized spacial score (nSPS) is 14.4. The van der Waals surface area contributed by atoms with E-state index < -0.39 is 14.8 Å². The molecule has 2 aromatic rings. The van der Waals surface area contributed by atoms with Gasteiger partial charge in [0.2, 0.25) is 0 Å². The minimum absolute atomic E-state index is 0.0367. The summed E-state index contributed by atoms with van der Waals surface area (Å²) in [4.78, 5) is 12.7. The number of nitrogens with zero attached hydrogens (tertiary/aromatic N) is 2. The molecule has 6 nitrogen and oxygen atoms in total. The summed E-state index contributed by atoms with van der Waals surface area (Å²) in [5.41, 5.74) is 2.67. The van der Waals surface area contributed by atoms with Crippen molar-refractivity contribution < 1.29 is 13.3 Å². The molecule has 0 N–H and O–H groups in total.